The largest absolute Gasteiger partial charge is 0.534 e. The lowest BCUT2D eigenvalue weighted by Crippen LogP contribution is -2.28. The van der Waals surface area contributed by atoms with Crippen LogP contribution in [0, 0.1) is 0 Å². The van der Waals surface area contributed by atoms with Gasteiger partial charge in [0, 0.05) is 18.7 Å². The van der Waals surface area contributed by atoms with Crippen LogP contribution < -0.4 is 4.18 Å². The fraction of sp³-hybridized carbons (Fsp3) is 0.545. The van der Waals surface area contributed by atoms with E-state index in [0.717, 1.165) is 12.3 Å². The highest BCUT2D eigenvalue weighted by Crippen LogP contribution is 2.26. The van der Waals surface area contributed by atoms with E-state index >= 15 is 0 Å². The summed E-state index contributed by atoms with van der Waals surface area (Å²) in [5.74, 6) is -1.53. The predicted molar refractivity (Wildman–Crippen MR) is 67.0 cm³/mol. The van der Waals surface area contributed by atoms with Gasteiger partial charge >= 0.3 is 21.6 Å². The number of ether oxygens (including phenoxy) is 1. The topological polar surface area (TPSA) is 95.5 Å². The van der Waals surface area contributed by atoms with Crippen LogP contribution in [0.5, 0.6) is 5.88 Å². The Morgan fingerprint density at radius 1 is 1.41 bits per heavy atom. The van der Waals surface area contributed by atoms with Crippen LogP contribution in [0.2, 0.25) is 0 Å². The summed E-state index contributed by atoms with van der Waals surface area (Å²) in [6.07, 6.45) is 0.743. The second-order valence-electron chi connectivity index (χ2n) is 4.12. The molecule has 7 nitrogen and oxygen atoms in total. The zero-order valence-electron chi connectivity index (χ0n) is 11.6. The molecule has 1 aromatic rings. The van der Waals surface area contributed by atoms with Crippen molar-refractivity contribution < 1.29 is 35.3 Å². The van der Waals surface area contributed by atoms with Gasteiger partial charge in [-0.2, -0.15) is 26.6 Å². The highest BCUT2D eigenvalue weighted by molar-refractivity contribution is 7.87. The van der Waals surface area contributed by atoms with Crippen LogP contribution in [0.1, 0.15) is 38.6 Å². The van der Waals surface area contributed by atoms with Gasteiger partial charge in [0.1, 0.15) is 0 Å². The summed E-state index contributed by atoms with van der Waals surface area (Å²) >= 11 is 0. The third-order valence-electron chi connectivity index (χ3n) is 2.25. The molecule has 22 heavy (non-hydrogen) atoms. The number of esters is 1. The lowest BCUT2D eigenvalue weighted by atomic mass is 10.3. The van der Waals surface area contributed by atoms with E-state index in [1.807, 2.05) is 0 Å². The average molecular weight is 342 g/mol. The SMILES string of the molecule is CCCC(=O)O[C@H](C)c1nccc(OS(=O)(=O)C(F)(F)F)n1. The maximum atomic E-state index is 12.2. The van der Waals surface area contributed by atoms with E-state index < -0.39 is 33.6 Å². The zero-order chi connectivity index (χ0) is 17.0. The van der Waals surface area contributed by atoms with Crippen LogP contribution in [-0.2, 0) is 19.6 Å². The van der Waals surface area contributed by atoms with E-state index in [4.69, 9.17) is 4.74 Å². The second-order valence-corrected chi connectivity index (χ2v) is 5.66. The van der Waals surface area contributed by atoms with Crippen molar-refractivity contribution in [3.63, 3.8) is 0 Å². The molecule has 0 spiro atoms. The molecule has 0 bridgehead atoms. The molecule has 0 radical (unpaired) electrons. The third kappa shape index (κ3) is 4.83. The van der Waals surface area contributed by atoms with E-state index in [1.54, 1.807) is 6.92 Å². The van der Waals surface area contributed by atoms with Crippen LogP contribution in [0.4, 0.5) is 13.2 Å². The fourth-order valence-corrected chi connectivity index (χ4v) is 1.68. The van der Waals surface area contributed by atoms with E-state index in [9.17, 15) is 26.4 Å². The lowest BCUT2D eigenvalue weighted by Gasteiger charge is -2.13. The number of hydrogen-bond donors (Lipinski definition) is 0. The number of carbonyl (C=O) groups is 1. The highest BCUT2D eigenvalue weighted by Gasteiger charge is 2.48. The van der Waals surface area contributed by atoms with E-state index in [0.29, 0.717) is 6.42 Å². The van der Waals surface area contributed by atoms with Crippen molar-refractivity contribution in [1.82, 2.24) is 9.97 Å². The highest BCUT2D eigenvalue weighted by atomic mass is 32.2. The first kappa shape index (κ1) is 18.1. The van der Waals surface area contributed by atoms with Crippen molar-refractivity contribution in [1.29, 1.82) is 0 Å². The summed E-state index contributed by atoms with van der Waals surface area (Å²) < 4.78 is 67.2. The zero-order valence-corrected chi connectivity index (χ0v) is 12.4. The number of alkyl halides is 3. The standard InChI is InChI=1S/C11H13F3N2O5S/c1-3-4-9(17)20-7(2)10-15-6-5-8(16-10)21-22(18,19)11(12,13)14/h5-7H,3-4H2,1-2H3/t7-/m1/s1. The van der Waals surface area contributed by atoms with Gasteiger partial charge in [0.15, 0.2) is 11.9 Å². The summed E-state index contributed by atoms with van der Waals surface area (Å²) in [5.41, 5.74) is -5.57. The number of nitrogens with zero attached hydrogens (tertiary/aromatic N) is 2. The van der Waals surface area contributed by atoms with E-state index in [1.165, 1.54) is 6.92 Å². The van der Waals surface area contributed by atoms with Crippen molar-refractivity contribution in [2.75, 3.05) is 0 Å². The molecule has 0 saturated heterocycles. The minimum Gasteiger partial charge on any atom is -0.454 e. The molecule has 1 atom stereocenters. The molecule has 11 heteroatoms. The summed E-state index contributed by atoms with van der Waals surface area (Å²) in [6, 6.07) is 0.841. The average Bonchev–Trinajstić information content (AvgIpc) is 2.37. The smallest absolute Gasteiger partial charge is 0.454 e. The number of hydrogen-bond acceptors (Lipinski definition) is 7. The molecule has 0 aliphatic heterocycles. The molecule has 0 aliphatic rings. The summed E-state index contributed by atoms with van der Waals surface area (Å²) in [7, 11) is -5.82. The Bertz CT molecular complexity index is 633. The van der Waals surface area contributed by atoms with E-state index in [-0.39, 0.29) is 12.2 Å². The van der Waals surface area contributed by atoms with Gasteiger partial charge in [0.25, 0.3) is 0 Å². The molecular weight excluding hydrogens is 329 g/mol. The van der Waals surface area contributed by atoms with Gasteiger partial charge in [-0.1, -0.05) is 6.92 Å². The Morgan fingerprint density at radius 2 is 2.05 bits per heavy atom. The summed E-state index contributed by atoms with van der Waals surface area (Å²) in [4.78, 5) is 18.5. The maximum absolute atomic E-state index is 12.2. The van der Waals surface area contributed by atoms with Gasteiger partial charge in [0.05, 0.1) is 0 Å². The monoisotopic (exact) mass is 342 g/mol. The Morgan fingerprint density at radius 3 is 2.59 bits per heavy atom. The number of rotatable bonds is 6. The minimum absolute atomic E-state index is 0.156. The molecule has 0 unspecified atom stereocenters. The molecule has 0 fully saturated rings. The Balaban J connectivity index is 2.89. The van der Waals surface area contributed by atoms with Crippen molar-refractivity contribution in [3.8, 4) is 5.88 Å². The van der Waals surface area contributed by atoms with Crippen LogP contribution in [0.3, 0.4) is 0 Å². The van der Waals surface area contributed by atoms with Gasteiger partial charge in [-0.15, -0.1) is 0 Å². The molecule has 0 aliphatic carbocycles. The Hall–Kier alpha value is -1.91. The van der Waals surface area contributed by atoms with Crippen LogP contribution >= 0.6 is 0 Å². The fourth-order valence-electron chi connectivity index (χ4n) is 1.27. The molecule has 1 rings (SSSR count). The normalized spacial score (nSPS) is 13.5. The van der Waals surface area contributed by atoms with Crippen molar-refractivity contribution in [2.24, 2.45) is 0 Å². The van der Waals surface area contributed by atoms with E-state index in [2.05, 4.69) is 14.2 Å². The van der Waals surface area contributed by atoms with Crippen LogP contribution in [0.15, 0.2) is 12.3 Å². The van der Waals surface area contributed by atoms with Crippen LogP contribution in [-0.4, -0.2) is 29.9 Å². The number of carbonyl (C=O) groups excluding carboxylic acids is 1. The maximum Gasteiger partial charge on any atom is 0.534 e. The first-order valence-corrected chi connectivity index (χ1v) is 7.51. The molecule has 0 saturated carbocycles. The molecule has 1 aromatic heterocycles. The van der Waals surface area contributed by atoms with Crippen LogP contribution in [0.25, 0.3) is 0 Å². The summed E-state index contributed by atoms with van der Waals surface area (Å²) in [5, 5.41) is 0. The first-order valence-electron chi connectivity index (χ1n) is 6.10. The molecule has 0 amide bonds. The number of halogens is 3. The van der Waals surface area contributed by atoms with Gasteiger partial charge in [-0.3, -0.25) is 4.79 Å². The Kier molecular flexibility index (Phi) is 5.69. The van der Waals surface area contributed by atoms with Gasteiger partial charge < -0.3 is 8.92 Å². The Labute approximate surface area is 124 Å². The van der Waals surface area contributed by atoms with Gasteiger partial charge in [-0.05, 0) is 13.3 Å². The van der Waals surface area contributed by atoms with Gasteiger partial charge in [0.2, 0.25) is 5.88 Å². The van der Waals surface area contributed by atoms with Crippen molar-refractivity contribution in [2.45, 2.75) is 38.3 Å². The van der Waals surface area contributed by atoms with Crippen molar-refractivity contribution >= 4 is 16.1 Å². The molecule has 1 heterocycles. The summed E-state index contributed by atoms with van der Waals surface area (Å²) in [6.45, 7) is 3.16. The third-order valence-corrected chi connectivity index (χ3v) is 3.21. The van der Waals surface area contributed by atoms with Gasteiger partial charge in [-0.25, -0.2) is 4.98 Å². The first-order chi connectivity index (χ1) is 10.1. The van der Waals surface area contributed by atoms with Crippen molar-refractivity contribution in [3.05, 3.63) is 18.1 Å². The molecule has 0 aromatic carbocycles. The minimum atomic E-state index is -5.82. The molecule has 124 valence electrons. The molecule has 0 N–H and O–H groups in total. The quantitative estimate of drug-likeness (QED) is 0.444. The predicted octanol–water partition coefficient (Wildman–Crippen LogP) is 2.11. The number of aromatic nitrogens is 2. The molecular formula is C11H13F3N2O5S. The lowest BCUT2D eigenvalue weighted by molar-refractivity contribution is -0.149. The second kappa shape index (κ2) is 6.90.